The van der Waals surface area contributed by atoms with Gasteiger partial charge in [0.2, 0.25) is 0 Å². The van der Waals surface area contributed by atoms with Crippen molar-refractivity contribution in [3.63, 3.8) is 0 Å². The van der Waals surface area contributed by atoms with Gasteiger partial charge in [-0.2, -0.15) is 0 Å². The fourth-order valence-electron chi connectivity index (χ4n) is 1.06. The Kier molecular flexibility index (Phi) is 5.08. The molecular formula is C11H12Cl2OP-. The van der Waals surface area contributed by atoms with Crippen molar-refractivity contribution in [3.05, 3.63) is 33.8 Å². The van der Waals surface area contributed by atoms with Crippen LogP contribution in [0.25, 0.3) is 0 Å². The molecule has 0 aliphatic rings. The summed E-state index contributed by atoms with van der Waals surface area (Å²) in [5.41, 5.74) is 0.785. The van der Waals surface area contributed by atoms with E-state index >= 15 is 0 Å². The van der Waals surface area contributed by atoms with Crippen LogP contribution < -0.4 is 5.11 Å². The van der Waals surface area contributed by atoms with E-state index in [1.165, 1.54) is 0 Å². The van der Waals surface area contributed by atoms with E-state index in [4.69, 9.17) is 23.2 Å². The molecule has 1 aromatic carbocycles. The molecule has 1 rings (SSSR count). The second-order valence-corrected chi connectivity index (χ2v) is 5.65. The number of benzene rings is 1. The van der Waals surface area contributed by atoms with Gasteiger partial charge in [0, 0.05) is 15.6 Å². The minimum atomic E-state index is -0.0000463. The zero-order valence-electron chi connectivity index (χ0n) is 8.63. The van der Waals surface area contributed by atoms with Gasteiger partial charge in [-0.05, 0) is 24.2 Å². The van der Waals surface area contributed by atoms with Crippen molar-refractivity contribution in [2.24, 2.45) is 0 Å². The molecule has 0 saturated heterocycles. The maximum atomic E-state index is 11.9. The maximum absolute atomic E-state index is 11.9. The Morgan fingerprint density at radius 3 is 2.40 bits per heavy atom. The van der Waals surface area contributed by atoms with Crippen LogP contribution in [0.4, 0.5) is 0 Å². The van der Waals surface area contributed by atoms with E-state index in [0.29, 0.717) is 21.3 Å². The Balaban J connectivity index is 3.10. The van der Waals surface area contributed by atoms with Crippen LogP contribution in [0.5, 0.6) is 0 Å². The summed E-state index contributed by atoms with van der Waals surface area (Å²) in [5, 5.41) is 12.7. The Bertz CT molecular complexity index is 357. The van der Waals surface area contributed by atoms with E-state index in [1.807, 2.05) is 6.92 Å². The van der Waals surface area contributed by atoms with Gasteiger partial charge in [-0.3, -0.25) is 0 Å². The lowest BCUT2D eigenvalue weighted by molar-refractivity contribution is -0.207. The van der Waals surface area contributed by atoms with Gasteiger partial charge in [-0.25, -0.2) is 0 Å². The Hall–Kier alpha value is -0.0700. The molecular weight excluding hydrogens is 250 g/mol. The van der Waals surface area contributed by atoms with Crippen molar-refractivity contribution in [2.45, 2.75) is 25.9 Å². The summed E-state index contributed by atoms with van der Waals surface area (Å²) in [7, 11) is 0.758. The van der Waals surface area contributed by atoms with Crippen LogP contribution in [0, 0.1) is 0 Å². The zero-order valence-corrected chi connectivity index (χ0v) is 11.0. The van der Waals surface area contributed by atoms with Crippen molar-refractivity contribution < 1.29 is 5.11 Å². The quantitative estimate of drug-likeness (QED) is 0.763. The van der Waals surface area contributed by atoms with Crippen molar-refractivity contribution >= 4 is 36.9 Å². The number of halogens is 2. The average Bonchev–Trinajstić information content (AvgIpc) is 2.17. The van der Waals surface area contributed by atoms with E-state index in [-0.39, 0.29) is 5.48 Å². The Morgan fingerprint density at radius 2 is 1.93 bits per heavy atom. The summed E-state index contributed by atoms with van der Waals surface area (Å²) >= 11 is 11.9. The summed E-state index contributed by atoms with van der Waals surface area (Å²) in [6, 6.07) is 5.11. The molecule has 0 saturated carbocycles. The number of hydrogen-bond donors (Lipinski definition) is 0. The van der Waals surface area contributed by atoms with Crippen LogP contribution in [0.2, 0.25) is 10.0 Å². The molecule has 0 fully saturated rings. The molecule has 0 aliphatic carbocycles. The molecule has 1 aromatic rings. The molecule has 0 heterocycles. The van der Waals surface area contributed by atoms with Crippen molar-refractivity contribution in [1.82, 2.24) is 0 Å². The first kappa shape index (κ1) is 13.0. The fraction of sp³-hybridized carbons (Fsp3) is 0.364. The topological polar surface area (TPSA) is 23.1 Å². The molecule has 15 heavy (non-hydrogen) atoms. The highest BCUT2D eigenvalue weighted by molar-refractivity contribution is 7.41. The Morgan fingerprint density at radius 1 is 1.40 bits per heavy atom. The molecule has 0 aliphatic heterocycles. The first-order valence-corrected chi connectivity index (χ1v) is 6.47. The summed E-state index contributed by atoms with van der Waals surface area (Å²) in [5.74, 6) is 0. The summed E-state index contributed by atoms with van der Waals surface area (Å²) < 4.78 is 0. The lowest BCUT2D eigenvalue weighted by Gasteiger charge is -2.17. The highest BCUT2D eigenvalue weighted by Gasteiger charge is 2.04. The van der Waals surface area contributed by atoms with E-state index in [1.54, 1.807) is 18.2 Å². The van der Waals surface area contributed by atoms with E-state index in [9.17, 15) is 5.11 Å². The third-order valence-corrected chi connectivity index (χ3v) is 4.00. The predicted molar refractivity (Wildman–Crippen MR) is 67.2 cm³/mol. The predicted octanol–water partition coefficient (Wildman–Crippen LogP) is 3.58. The fourth-order valence-corrected chi connectivity index (χ4v) is 2.71. The number of rotatable bonds is 3. The lowest BCUT2D eigenvalue weighted by Crippen LogP contribution is -2.18. The van der Waals surface area contributed by atoms with Gasteiger partial charge in [0.15, 0.2) is 0 Å². The van der Waals surface area contributed by atoms with Gasteiger partial charge >= 0.3 is 0 Å². The van der Waals surface area contributed by atoms with Crippen LogP contribution in [-0.2, 0) is 0 Å². The van der Waals surface area contributed by atoms with Gasteiger partial charge in [0.05, 0.1) is 0 Å². The Labute approximate surface area is 102 Å². The number of hydrogen-bond acceptors (Lipinski definition) is 1. The summed E-state index contributed by atoms with van der Waals surface area (Å²) in [6.07, 6.45) is 0.968. The highest BCUT2D eigenvalue weighted by atomic mass is 35.5. The molecule has 0 bridgehead atoms. The first-order chi connectivity index (χ1) is 7.06. The van der Waals surface area contributed by atoms with Crippen molar-refractivity contribution in [3.8, 4) is 0 Å². The van der Waals surface area contributed by atoms with Gasteiger partial charge in [0.25, 0.3) is 0 Å². The SMILES string of the molecule is CCC(C)P=C([O-])c1c(Cl)cccc1Cl. The molecule has 0 radical (unpaired) electrons. The normalized spacial score (nSPS) is 14.1. The van der Waals surface area contributed by atoms with Crippen LogP contribution in [0.15, 0.2) is 18.2 Å². The van der Waals surface area contributed by atoms with Crippen LogP contribution in [-0.4, -0.2) is 11.1 Å². The van der Waals surface area contributed by atoms with Gasteiger partial charge < -0.3 is 5.11 Å². The standard InChI is InChI=1S/C11H13Cl2OP/c1-3-7(2)15-11(14)10-8(12)5-4-6-9(10)13/h4-7,14H,3H2,1-2H3/p-1. The monoisotopic (exact) mass is 261 g/mol. The third-order valence-electron chi connectivity index (χ3n) is 2.11. The smallest absolute Gasteiger partial charge is 0.0486 e. The molecule has 1 unspecified atom stereocenters. The maximum Gasteiger partial charge on any atom is 0.0486 e. The first-order valence-electron chi connectivity index (χ1n) is 4.75. The molecule has 0 N–H and O–H groups in total. The second kappa shape index (κ2) is 5.86. The molecule has 0 spiro atoms. The molecule has 0 aromatic heterocycles. The summed E-state index contributed by atoms with van der Waals surface area (Å²) in [4.78, 5) is 0. The van der Waals surface area contributed by atoms with E-state index in [2.05, 4.69) is 6.92 Å². The minimum absolute atomic E-state index is 0.0000463. The molecule has 82 valence electrons. The van der Waals surface area contributed by atoms with E-state index in [0.717, 1.165) is 14.6 Å². The average molecular weight is 262 g/mol. The van der Waals surface area contributed by atoms with Crippen molar-refractivity contribution in [2.75, 3.05) is 0 Å². The molecule has 0 amide bonds. The van der Waals surface area contributed by atoms with Gasteiger partial charge in [-0.15, -0.1) is 13.7 Å². The second-order valence-electron chi connectivity index (χ2n) is 3.29. The molecule has 1 nitrogen and oxygen atoms in total. The van der Waals surface area contributed by atoms with Crippen molar-refractivity contribution in [1.29, 1.82) is 0 Å². The van der Waals surface area contributed by atoms with Crippen LogP contribution in [0.1, 0.15) is 25.8 Å². The molecule has 4 heteroatoms. The largest absolute Gasteiger partial charge is 0.823 e. The minimum Gasteiger partial charge on any atom is -0.823 e. The van der Waals surface area contributed by atoms with E-state index < -0.39 is 0 Å². The highest BCUT2D eigenvalue weighted by Crippen LogP contribution is 2.27. The third kappa shape index (κ3) is 3.46. The van der Waals surface area contributed by atoms with Gasteiger partial charge in [0.1, 0.15) is 0 Å². The summed E-state index contributed by atoms with van der Waals surface area (Å²) in [6.45, 7) is 4.09. The zero-order chi connectivity index (χ0) is 11.4. The molecule has 1 atom stereocenters. The van der Waals surface area contributed by atoms with Gasteiger partial charge in [-0.1, -0.05) is 43.1 Å². The lowest BCUT2D eigenvalue weighted by atomic mass is 10.2. The van der Waals surface area contributed by atoms with Crippen LogP contribution in [0.3, 0.4) is 0 Å². The van der Waals surface area contributed by atoms with Crippen LogP contribution >= 0.6 is 31.4 Å².